The highest BCUT2D eigenvalue weighted by atomic mass is 15.1. The number of fused-ring (bicyclic) bond motifs is 7. The molecule has 8 aromatic rings. The number of hydrogen-bond donors (Lipinski definition) is 0. The van der Waals surface area contributed by atoms with Gasteiger partial charge in [-0.15, -0.1) is 0 Å². The largest absolute Gasteiger partial charge is 0.454 e. The number of allylic oxidation sites excluding steroid dienone is 2. The number of para-hydroxylation sites is 3. The number of nitrogens with zero attached hydrogens (tertiary/aromatic N) is 4. The molecule has 1 aliphatic heterocycles. The molecule has 2 aromatic heterocycles. The molecule has 1 unspecified atom stereocenters. The van der Waals surface area contributed by atoms with Crippen LogP contribution in [0.1, 0.15) is 11.1 Å². The van der Waals surface area contributed by atoms with Gasteiger partial charge < -0.3 is 19.4 Å². The number of rotatable bonds is 4. The topological polar surface area (TPSA) is 36.3 Å². The van der Waals surface area contributed by atoms with Crippen LogP contribution in [0.25, 0.3) is 66.0 Å². The zero-order valence-electron chi connectivity index (χ0n) is 26.0. The summed E-state index contributed by atoms with van der Waals surface area (Å²) in [5.41, 5.74) is 11.2. The summed E-state index contributed by atoms with van der Waals surface area (Å²) in [5.74, 6) is 0.749. The zero-order valence-corrected chi connectivity index (χ0v) is 26.0. The molecule has 0 N–H and O–H groups in total. The normalized spacial score (nSPS) is 15.8. The molecule has 4 heteroatoms. The first kappa shape index (κ1) is 26.8. The van der Waals surface area contributed by atoms with Crippen LogP contribution in [0, 0.1) is 0 Å². The van der Waals surface area contributed by atoms with Gasteiger partial charge in [-0.3, -0.25) is 0 Å². The van der Waals surface area contributed by atoms with Crippen molar-refractivity contribution in [1.29, 1.82) is 0 Å². The van der Waals surface area contributed by atoms with E-state index < -0.39 is 0 Å². The average molecular weight is 614 g/mol. The summed E-state index contributed by atoms with van der Waals surface area (Å²) in [7, 11) is 0. The maximum atomic E-state index is 5.19. The molecule has 1 atom stereocenters. The predicted octanol–water partition coefficient (Wildman–Crippen LogP) is 10.9. The van der Waals surface area contributed by atoms with Crippen molar-refractivity contribution in [3.8, 4) is 11.4 Å². The number of benzene rings is 6. The Hall–Kier alpha value is -6.39. The van der Waals surface area contributed by atoms with Crippen molar-refractivity contribution < 1.29 is 0 Å². The molecule has 3 heterocycles. The Morgan fingerprint density at radius 1 is 0.479 bits per heavy atom. The lowest BCUT2D eigenvalue weighted by molar-refractivity contribution is 1.09. The Balaban J connectivity index is 1.20. The van der Waals surface area contributed by atoms with Crippen LogP contribution in [0.2, 0.25) is 0 Å². The van der Waals surface area contributed by atoms with Crippen molar-refractivity contribution in [3.05, 3.63) is 192 Å². The maximum absolute atomic E-state index is 5.19. The lowest BCUT2D eigenvalue weighted by Gasteiger charge is -2.36. The Labute approximate surface area is 277 Å². The summed E-state index contributed by atoms with van der Waals surface area (Å²) in [6, 6.07) is 51.9. The molecule has 0 saturated carbocycles. The molecule has 4 nitrogen and oxygen atoms in total. The van der Waals surface area contributed by atoms with E-state index in [1.165, 1.54) is 43.6 Å². The molecule has 1 aliphatic carbocycles. The van der Waals surface area contributed by atoms with Gasteiger partial charge in [0, 0.05) is 39.0 Å². The first-order valence-electron chi connectivity index (χ1n) is 16.4. The van der Waals surface area contributed by atoms with Crippen molar-refractivity contribution in [1.82, 2.24) is 9.13 Å². The van der Waals surface area contributed by atoms with Gasteiger partial charge in [-0.05, 0) is 70.9 Å². The van der Waals surface area contributed by atoms with Gasteiger partial charge in [0.2, 0.25) is 0 Å². The molecule has 0 spiro atoms. The predicted molar refractivity (Wildman–Crippen MR) is 200 cm³/mol. The number of hydrogen-bond acceptors (Lipinski definition) is 1. The minimum atomic E-state index is -0.0650. The second-order valence-corrected chi connectivity index (χ2v) is 12.4. The molecule has 0 radical (unpaired) electrons. The standard InChI is InChI=1S/C44H29N4/c1-3-14-29(15-4-1)43-35-22-7-10-23-38(35)45-44(46-43)30-16-13-19-32(26-30)48-40-25-12-9-21-34(40)37-27-41-36(28-42(37)48)33-20-8-11-24-39(33)47(41)31-17-5-2-6-18-31/h1-28,38H/q-1. The van der Waals surface area contributed by atoms with Crippen molar-refractivity contribution in [3.63, 3.8) is 0 Å². The highest BCUT2D eigenvalue weighted by molar-refractivity contribution is 6.19. The highest BCUT2D eigenvalue weighted by Crippen LogP contribution is 2.40. The van der Waals surface area contributed by atoms with Crippen molar-refractivity contribution in [2.45, 2.75) is 6.04 Å². The van der Waals surface area contributed by atoms with Crippen LogP contribution >= 0.6 is 0 Å². The van der Waals surface area contributed by atoms with E-state index in [1.54, 1.807) is 0 Å². The fourth-order valence-electron chi connectivity index (χ4n) is 7.51. The molecular weight excluding hydrogens is 585 g/mol. The van der Waals surface area contributed by atoms with E-state index in [1.807, 2.05) is 6.07 Å². The fraction of sp³-hybridized carbons (Fsp3) is 0.0227. The van der Waals surface area contributed by atoms with Crippen LogP contribution in [0.4, 0.5) is 0 Å². The molecule has 2 aliphatic rings. The van der Waals surface area contributed by atoms with Crippen LogP contribution < -0.4 is 0 Å². The molecule has 0 fully saturated rings. The summed E-state index contributed by atoms with van der Waals surface area (Å²) >= 11 is 0. The monoisotopic (exact) mass is 613 g/mol. The molecule has 226 valence electrons. The molecule has 48 heavy (non-hydrogen) atoms. The Kier molecular flexibility index (Phi) is 5.90. The highest BCUT2D eigenvalue weighted by Gasteiger charge is 2.20. The second-order valence-electron chi connectivity index (χ2n) is 12.4. The van der Waals surface area contributed by atoms with Gasteiger partial charge >= 0.3 is 0 Å². The van der Waals surface area contributed by atoms with Gasteiger partial charge in [-0.25, -0.2) is 0 Å². The molecule has 10 rings (SSSR count). The van der Waals surface area contributed by atoms with E-state index in [4.69, 9.17) is 10.3 Å². The Morgan fingerprint density at radius 3 is 1.77 bits per heavy atom. The Bertz CT molecular complexity index is 2680. The van der Waals surface area contributed by atoms with Gasteiger partial charge in [0.1, 0.15) is 0 Å². The van der Waals surface area contributed by atoms with E-state index in [0.717, 1.165) is 39.6 Å². The molecule has 0 amide bonds. The second kappa shape index (κ2) is 10.6. The third kappa shape index (κ3) is 4.06. The summed E-state index contributed by atoms with van der Waals surface area (Å²) in [5, 5.41) is 10.1. The number of amidine groups is 1. The number of aliphatic imine (C=N–C) groups is 1. The van der Waals surface area contributed by atoms with E-state index in [-0.39, 0.29) is 6.04 Å². The average Bonchev–Trinajstić information content (AvgIpc) is 3.66. The maximum Gasteiger partial charge on any atom is 0.0548 e. The SMILES string of the molecule is C1=CC2=C(c3ccccc3)N=C(c3cccc(-n4c5ccccc5c5cc6c(cc54)c4ccccc4n6-c4ccccc4)c3)[N-]C2C=C1. The quantitative estimate of drug-likeness (QED) is 0.189. The van der Waals surface area contributed by atoms with Gasteiger partial charge in [-0.2, -0.15) is 0 Å². The van der Waals surface area contributed by atoms with Gasteiger partial charge in [0.25, 0.3) is 0 Å². The van der Waals surface area contributed by atoms with Crippen LogP contribution in [0.5, 0.6) is 0 Å². The molecule has 0 bridgehead atoms. The molecule has 6 aromatic carbocycles. The van der Waals surface area contributed by atoms with Crippen molar-refractivity contribution >= 4 is 55.1 Å². The van der Waals surface area contributed by atoms with E-state index in [9.17, 15) is 0 Å². The Morgan fingerprint density at radius 2 is 1.06 bits per heavy atom. The lowest BCUT2D eigenvalue weighted by atomic mass is 9.94. The minimum absolute atomic E-state index is 0.0650. The van der Waals surface area contributed by atoms with Gasteiger partial charge in [0.05, 0.1) is 22.1 Å². The molecule has 0 saturated heterocycles. The van der Waals surface area contributed by atoms with Crippen LogP contribution in [-0.2, 0) is 0 Å². The summed E-state index contributed by atoms with van der Waals surface area (Å²) < 4.78 is 4.79. The summed E-state index contributed by atoms with van der Waals surface area (Å²) in [4.78, 5) is 5.19. The van der Waals surface area contributed by atoms with Crippen molar-refractivity contribution in [2.24, 2.45) is 4.99 Å². The summed E-state index contributed by atoms with van der Waals surface area (Å²) in [6.45, 7) is 0. The van der Waals surface area contributed by atoms with E-state index >= 15 is 0 Å². The third-order valence-electron chi connectivity index (χ3n) is 9.64. The van der Waals surface area contributed by atoms with Crippen molar-refractivity contribution in [2.75, 3.05) is 0 Å². The lowest BCUT2D eigenvalue weighted by Crippen LogP contribution is -2.19. The first-order chi connectivity index (χ1) is 23.8. The molecular formula is C44H29N4-. The van der Waals surface area contributed by atoms with Crippen LogP contribution in [0.15, 0.2) is 180 Å². The third-order valence-corrected chi connectivity index (χ3v) is 9.64. The van der Waals surface area contributed by atoms with Crippen LogP contribution in [-0.4, -0.2) is 21.0 Å². The van der Waals surface area contributed by atoms with E-state index in [2.05, 4.69) is 173 Å². The summed E-state index contributed by atoms with van der Waals surface area (Å²) in [6.07, 6.45) is 8.44. The van der Waals surface area contributed by atoms with Crippen LogP contribution in [0.3, 0.4) is 0 Å². The number of aromatic nitrogens is 2. The smallest absolute Gasteiger partial charge is 0.0548 e. The minimum Gasteiger partial charge on any atom is -0.454 e. The van der Waals surface area contributed by atoms with E-state index in [0.29, 0.717) is 0 Å². The fourth-order valence-corrected chi connectivity index (χ4v) is 7.51. The zero-order chi connectivity index (χ0) is 31.6. The van der Waals surface area contributed by atoms with Gasteiger partial charge in [0.15, 0.2) is 0 Å². The van der Waals surface area contributed by atoms with Gasteiger partial charge in [-0.1, -0.05) is 127 Å². The first-order valence-corrected chi connectivity index (χ1v) is 16.4.